The van der Waals surface area contributed by atoms with Crippen LogP contribution in [0.2, 0.25) is 0 Å². The lowest BCUT2D eigenvalue weighted by Gasteiger charge is -2.11. The van der Waals surface area contributed by atoms with Gasteiger partial charge in [-0.15, -0.1) is 0 Å². The van der Waals surface area contributed by atoms with Crippen LogP contribution in [-0.4, -0.2) is 32.3 Å². The average molecular weight is 329 g/mol. The van der Waals surface area contributed by atoms with E-state index in [4.69, 9.17) is 0 Å². The number of carbonyl (C=O) groups excluding carboxylic acids is 1. The van der Waals surface area contributed by atoms with Gasteiger partial charge in [-0.1, -0.05) is 0 Å². The average Bonchev–Trinajstić information content (AvgIpc) is 3.03. The summed E-state index contributed by atoms with van der Waals surface area (Å²) in [7, 11) is 0. The number of nitrogens with one attached hydrogen (secondary N) is 1. The zero-order valence-electron chi connectivity index (χ0n) is 12.9. The summed E-state index contributed by atoms with van der Waals surface area (Å²) in [5, 5.41) is 16.2. The van der Waals surface area contributed by atoms with Crippen molar-refractivity contribution in [2.45, 2.75) is 37.6 Å². The number of carbonyl (C=O) groups is 2. The predicted molar refractivity (Wildman–Crippen MR) is 82.6 cm³/mol. The van der Waals surface area contributed by atoms with Gasteiger partial charge in [0.05, 0.1) is 5.69 Å². The van der Waals surface area contributed by atoms with Gasteiger partial charge in [-0.3, -0.25) is 4.79 Å². The number of rotatable bonds is 4. The molecule has 0 unspecified atom stereocenters. The first-order valence-electron chi connectivity index (χ1n) is 7.93. The third kappa shape index (κ3) is 2.28. The van der Waals surface area contributed by atoms with Gasteiger partial charge >= 0.3 is 5.97 Å². The van der Waals surface area contributed by atoms with Gasteiger partial charge in [-0.25, -0.2) is 13.9 Å². The molecule has 2 aliphatic rings. The summed E-state index contributed by atoms with van der Waals surface area (Å²) in [5.41, 5.74) is 1.62. The van der Waals surface area contributed by atoms with Gasteiger partial charge in [0.15, 0.2) is 5.69 Å². The van der Waals surface area contributed by atoms with Gasteiger partial charge in [-0.2, -0.15) is 5.10 Å². The molecule has 6 nitrogen and oxygen atoms in total. The number of carboxylic acid groups (broad SMARTS) is 1. The largest absolute Gasteiger partial charge is 0.480 e. The van der Waals surface area contributed by atoms with Crippen LogP contribution in [-0.2, 0) is 17.6 Å². The molecule has 4 rings (SSSR count). The van der Waals surface area contributed by atoms with E-state index in [9.17, 15) is 19.1 Å². The maximum Gasteiger partial charge on any atom is 0.329 e. The highest BCUT2D eigenvalue weighted by atomic mass is 19.1. The fraction of sp³-hybridized carbons (Fsp3) is 0.353. The van der Waals surface area contributed by atoms with Gasteiger partial charge in [0.2, 0.25) is 0 Å². The molecule has 1 aromatic carbocycles. The van der Waals surface area contributed by atoms with Crippen LogP contribution in [0.1, 0.15) is 41.0 Å². The molecule has 0 saturated heterocycles. The van der Waals surface area contributed by atoms with Crippen molar-refractivity contribution in [1.82, 2.24) is 15.1 Å². The normalized spacial score (nSPS) is 17.4. The van der Waals surface area contributed by atoms with Crippen molar-refractivity contribution in [3.63, 3.8) is 0 Å². The lowest BCUT2D eigenvalue weighted by Crippen LogP contribution is -2.43. The minimum atomic E-state index is -1.14. The smallest absolute Gasteiger partial charge is 0.329 e. The quantitative estimate of drug-likeness (QED) is 0.896. The monoisotopic (exact) mass is 329 g/mol. The highest BCUT2D eigenvalue weighted by Gasteiger charge is 2.52. The van der Waals surface area contributed by atoms with E-state index in [0.717, 1.165) is 30.5 Å². The first-order valence-corrected chi connectivity index (χ1v) is 7.93. The summed E-state index contributed by atoms with van der Waals surface area (Å²) in [4.78, 5) is 23.8. The molecule has 1 heterocycles. The summed E-state index contributed by atoms with van der Waals surface area (Å²) >= 11 is 0. The Morgan fingerprint density at radius 2 is 1.92 bits per heavy atom. The Kier molecular flexibility index (Phi) is 3.19. The number of hydrogen-bond acceptors (Lipinski definition) is 3. The summed E-state index contributed by atoms with van der Waals surface area (Å²) in [6.07, 6.45) is 3.32. The lowest BCUT2D eigenvalue weighted by molar-refractivity contribution is -0.140. The van der Waals surface area contributed by atoms with Crippen molar-refractivity contribution in [3.05, 3.63) is 47.0 Å². The molecule has 24 heavy (non-hydrogen) atoms. The SMILES string of the molecule is O=C(NC1(C(=O)O)CC1)c1nn(-c2ccc(F)cc2)c2c1CCC2. The molecule has 2 N–H and O–H groups in total. The fourth-order valence-corrected chi connectivity index (χ4v) is 3.21. The number of hydrogen-bond donors (Lipinski definition) is 2. The van der Waals surface area contributed by atoms with Crippen LogP contribution >= 0.6 is 0 Å². The number of amides is 1. The third-order valence-electron chi connectivity index (χ3n) is 4.73. The van der Waals surface area contributed by atoms with E-state index in [2.05, 4.69) is 10.4 Å². The number of nitrogens with zero attached hydrogens (tertiary/aromatic N) is 2. The Labute approximate surface area is 137 Å². The molecule has 1 aromatic heterocycles. The van der Waals surface area contributed by atoms with Crippen molar-refractivity contribution in [3.8, 4) is 5.69 Å². The van der Waals surface area contributed by atoms with E-state index in [-0.39, 0.29) is 11.5 Å². The van der Waals surface area contributed by atoms with Gasteiger partial charge in [-0.05, 0) is 56.4 Å². The first kappa shape index (κ1) is 14.9. The number of aromatic nitrogens is 2. The second-order valence-corrected chi connectivity index (χ2v) is 6.36. The molecule has 1 amide bonds. The fourth-order valence-electron chi connectivity index (χ4n) is 3.21. The third-order valence-corrected chi connectivity index (χ3v) is 4.73. The summed E-state index contributed by atoms with van der Waals surface area (Å²) < 4.78 is 14.8. The number of carboxylic acids is 1. The number of fused-ring (bicyclic) bond motifs is 1. The van der Waals surface area contributed by atoms with E-state index < -0.39 is 17.4 Å². The van der Waals surface area contributed by atoms with Crippen LogP contribution in [0.3, 0.4) is 0 Å². The van der Waals surface area contributed by atoms with Gasteiger partial charge in [0, 0.05) is 11.3 Å². The molecular formula is C17H16FN3O3. The molecular weight excluding hydrogens is 313 g/mol. The standard InChI is InChI=1S/C17H16FN3O3/c18-10-4-6-11(7-5-10)21-13-3-1-2-12(13)14(20-21)15(22)19-17(8-9-17)16(23)24/h4-7H,1-3,8-9H2,(H,19,22)(H,23,24). The number of aliphatic carboxylic acids is 1. The van der Waals surface area contributed by atoms with Crippen LogP contribution in [0, 0.1) is 5.82 Å². The molecule has 7 heteroatoms. The summed E-state index contributed by atoms with van der Waals surface area (Å²) in [5.74, 6) is -1.79. The van der Waals surface area contributed by atoms with Crippen molar-refractivity contribution in [2.24, 2.45) is 0 Å². The zero-order valence-corrected chi connectivity index (χ0v) is 12.9. The van der Waals surface area contributed by atoms with Crippen molar-refractivity contribution < 1.29 is 19.1 Å². The van der Waals surface area contributed by atoms with Crippen LogP contribution in [0.25, 0.3) is 5.69 Å². The van der Waals surface area contributed by atoms with E-state index in [0.29, 0.717) is 18.5 Å². The summed E-state index contributed by atoms with van der Waals surface area (Å²) in [6.45, 7) is 0. The van der Waals surface area contributed by atoms with Crippen LogP contribution < -0.4 is 5.32 Å². The Morgan fingerprint density at radius 1 is 1.21 bits per heavy atom. The maximum absolute atomic E-state index is 13.1. The van der Waals surface area contributed by atoms with Crippen molar-refractivity contribution in [2.75, 3.05) is 0 Å². The maximum atomic E-state index is 13.1. The lowest BCUT2D eigenvalue weighted by atomic mass is 10.1. The summed E-state index contributed by atoms with van der Waals surface area (Å²) in [6, 6.07) is 5.92. The molecule has 0 atom stereocenters. The van der Waals surface area contributed by atoms with Crippen molar-refractivity contribution >= 4 is 11.9 Å². The molecule has 2 aliphatic carbocycles. The molecule has 0 spiro atoms. The van der Waals surface area contributed by atoms with E-state index in [1.165, 1.54) is 12.1 Å². The molecule has 1 saturated carbocycles. The minimum absolute atomic E-state index is 0.277. The molecule has 1 fully saturated rings. The van der Waals surface area contributed by atoms with Crippen LogP contribution in [0.15, 0.2) is 24.3 Å². The van der Waals surface area contributed by atoms with Gasteiger partial charge in [0.1, 0.15) is 11.4 Å². The highest BCUT2D eigenvalue weighted by molar-refractivity contribution is 5.99. The van der Waals surface area contributed by atoms with E-state index in [1.54, 1.807) is 16.8 Å². The first-order chi connectivity index (χ1) is 11.5. The Balaban J connectivity index is 1.70. The molecule has 0 aliphatic heterocycles. The zero-order chi connectivity index (χ0) is 16.9. The Morgan fingerprint density at radius 3 is 2.54 bits per heavy atom. The topological polar surface area (TPSA) is 84.2 Å². The van der Waals surface area contributed by atoms with Crippen LogP contribution in [0.5, 0.6) is 0 Å². The predicted octanol–water partition coefficient (Wildman–Crippen LogP) is 1.85. The van der Waals surface area contributed by atoms with E-state index >= 15 is 0 Å². The minimum Gasteiger partial charge on any atom is -0.480 e. The Hall–Kier alpha value is -2.70. The second kappa shape index (κ2) is 5.15. The molecule has 2 aromatic rings. The highest BCUT2D eigenvalue weighted by Crippen LogP contribution is 2.36. The van der Waals surface area contributed by atoms with Crippen LogP contribution in [0.4, 0.5) is 4.39 Å². The molecule has 0 bridgehead atoms. The number of halogens is 1. The Bertz CT molecular complexity index is 838. The second-order valence-electron chi connectivity index (χ2n) is 6.36. The molecule has 0 radical (unpaired) electrons. The van der Waals surface area contributed by atoms with Gasteiger partial charge < -0.3 is 10.4 Å². The van der Waals surface area contributed by atoms with Gasteiger partial charge in [0.25, 0.3) is 5.91 Å². The molecule has 124 valence electrons. The van der Waals surface area contributed by atoms with E-state index in [1.807, 2.05) is 0 Å². The van der Waals surface area contributed by atoms with Crippen molar-refractivity contribution in [1.29, 1.82) is 0 Å². The number of benzene rings is 1.